The van der Waals surface area contributed by atoms with Crippen molar-refractivity contribution in [1.82, 2.24) is 5.32 Å². The minimum absolute atomic E-state index is 0.339. The molecule has 5 heteroatoms. The van der Waals surface area contributed by atoms with Crippen molar-refractivity contribution in [3.05, 3.63) is 24.3 Å². The van der Waals surface area contributed by atoms with Crippen LogP contribution < -0.4 is 10.1 Å². The molecule has 1 N–H and O–H groups in total. The summed E-state index contributed by atoms with van der Waals surface area (Å²) in [6.45, 7) is 3.10. The SMILES string of the molecule is CS(=O)(=O)c1ccc(OCCCC2CC3(CCNCC3)C2)cc1. The highest BCUT2D eigenvalue weighted by Crippen LogP contribution is 2.52. The van der Waals surface area contributed by atoms with E-state index in [2.05, 4.69) is 5.32 Å². The van der Waals surface area contributed by atoms with Crippen LogP contribution in [0.1, 0.15) is 38.5 Å². The largest absolute Gasteiger partial charge is 0.494 e. The smallest absolute Gasteiger partial charge is 0.175 e. The first-order valence-electron chi connectivity index (χ1n) is 8.61. The van der Waals surface area contributed by atoms with Gasteiger partial charge in [-0.2, -0.15) is 0 Å². The molecule has 1 aromatic carbocycles. The molecule has 1 heterocycles. The summed E-state index contributed by atoms with van der Waals surface area (Å²) in [5.74, 6) is 1.63. The Labute approximate surface area is 139 Å². The Hall–Kier alpha value is -1.07. The molecule has 1 aliphatic heterocycles. The minimum atomic E-state index is -3.13. The molecule has 0 bridgehead atoms. The molecule has 1 saturated carbocycles. The van der Waals surface area contributed by atoms with Gasteiger partial charge in [0.05, 0.1) is 11.5 Å². The normalized spacial score (nSPS) is 21.1. The highest BCUT2D eigenvalue weighted by atomic mass is 32.2. The fraction of sp³-hybridized carbons (Fsp3) is 0.667. The van der Waals surface area contributed by atoms with Crippen molar-refractivity contribution in [3.8, 4) is 5.75 Å². The second-order valence-electron chi connectivity index (χ2n) is 7.26. The molecular formula is C18H27NO3S. The summed E-state index contributed by atoms with van der Waals surface area (Å²) in [5, 5.41) is 3.45. The van der Waals surface area contributed by atoms with E-state index in [4.69, 9.17) is 4.74 Å². The standard InChI is InChI=1S/C18H27NO3S/c1-23(20,21)17-6-4-16(5-7-17)22-12-2-3-15-13-18(14-15)8-10-19-11-9-18/h4-7,15,19H,2-3,8-14H2,1H3. The van der Waals surface area contributed by atoms with Crippen LogP contribution in [0.3, 0.4) is 0 Å². The third kappa shape index (κ3) is 4.27. The van der Waals surface area contributed by atoms with Gasteiger partial charge in [-0.15, -0.1) is 0 Å². The molecule has 23 heavy (non-hydrogen) atoms. The average molecular weight is 337 g/mol. The van der Waals surface area contributed by atoms with Crippen LogP contribution in [0, 0.1) is 11.3 Å². The molecule has 0 atom stereocenters. The van der Waals surface area contributed by atoms with Gasteiger partial charge in [-0.3, -0.25) is 0 Å². The van der Waals surface area contributed by atoms with Gasteiger partial charge in [0, 0.05) is 6.26 Å². The maximum Gasteiger partial charge on any atom is 0.175 e. The Morgan fingerprint density at radius 3 is 2.43 bits per heavy atom. The Morgan fingerprint density at radius 2 is 1.83 bits per heavy atom. The van der Waals surface area contributed by atoms with Crippen molar-refractivity contribution in [1.29, 1.82) is 0 Å². The Balaban J connectivity index is 1.34. The van der Waals surface area contributed by atoms with Gasteiger partial charge < -0.3 is 10.1 Å². The lowest BCUT2D eigenvalue weighted by atomic mass is 9.57. The van der Waals surface area contributed by atoms with Crippen molar-refractivity contribution < 1.29 is 13.2 Å². The van der Waals surface area contributed by atoms with E-state index in [0.29, 0.717) is 16.9 Å². The van der Waals surface area contributed by atoms with Crippen LogP contribution >= 0.6 is 0 Å². The number of hydrogen-bond acceptors (Lipinski definition) is 4. The molecule has 2 aliphatic rings. The van der Waals surface area contributed by atoms with Gasteiger partial charge in [0.25, 0.3) is 0 Å². The third-order valence-corrected chi connectivity index (χ3v) is 6.51. The summed E-state index contributed by atoms with van der Waals surface area (Å²) in [7, 11) is -3.13. The molecule has 3 rings (SSSR count). The van der Waals surface area contributed by atoms with Crippen LogP contribution in [0.2, 0.25) is 0 Å². The Bertz CT molecular complexity index is 610. The Kier molecular flexibility index (Phi) is 4.97. The predicted molar refractivity (Wildman–Crippen MR) is 91.5 cm³/mol. The van der Waals surface area contributed by atoms with Gasteiger partial charge in [-0.1, -0.05) is 0 Å². The lowest BCUT2D eigenvalue weighted by Crippen LogP contribution is -2.45. The van der Waals surface area contributed by atoms with Gasteiger partial charge in [0.1, 0.15) is 5.75 Å². The molecule has 0 aromatic heterocycles. The van der Waals surface area contributed by atoms with E-state index in [1.54, 1.807) is 24.3 Å². The first-order valence-corrected chi connectivity index (χ1v) is 10.5. The molecule has 4 nitrogen and oxygen atoms in total. The molecule has 0 radical (unpaired) electrons. The number of hydrogen-bond donors (Lipinski definition) is 1. The first-order chi connectivity index (χ1) is 11.0. The summed E-state index contributed by atoms with van der Waals surface area (Å²) in [4.78, 5) is 0.339. The molecular weight excluding hydrogens is 310 g/mol. The number of piperidine rings is 1. The molecule has 0 amide bonds. The summed E-state index contributed by atoms with van der Waals surface area (Å²) in [6, 6.07) is 6.70. The van der Waals surface area contributed by atoms with E-state index in [-0.39, 0.29) is 0 Å². The van der Waals surface area contributed by atoms with E-state index in [1.807, 2.05) is 0 Å². The van der Waals surface area contributed by atoms with Crippen molar-refractivity contribution >= 4 is 9.84 Å². The van der Waals surface area contributed by atoms with Crippen molar-refractivity contribution in [2.45, 2.75) is 43.4 Å². The number of nitrogens with one attached hydrogen (secondary N) is 1. The fourth-order valence-electron chi connectivity index (χ4n) is 4.08. The maximum atomic E-state index is 11.4. The number of rotatable bonds is 6. The fourth-order valence-corrected chi connectivity index (χ4v) is 4.71. The molecule has 1 saturated heterocycles. The van der Waals surface area contributed by atoms with Gasteiger partial charge >= 0.3 is 0 Å². The highest BCUT2D eigenvalue weighted by Gasteiger charge is 2.43. The predicted octanol–water partition coefficient (Wildman–Crippen LogP) is 3.03. The average Bonchev–Trinajstić information content (AvgIpc) is 2.50. The number of sulfone groups is 1. The summed E-state index contributed by atoms with van der Waals surface area (Å²) in [6.07, 6.45) is 9.05. The molecule has 0 unspecified atom stereocenters. The zero-order valence-electron chi connectivity index (χ0n) is 13.9. The van der Waals surface area contributed by atoms with Gasteiger partial charge in [0.2, 0.25) is 0 Å². The molecule has 1 aromatic rings. The summed E-state index contributed by atoms with van der Waals surface area (Å²) in [5.41, 5.74) is 0.665. The van der Waals surface area contributed by atoms with Crippen LogP contribution in [0.25, 0.3) is 0 Å². The zero-order chi connectivity index (χ0) is 16.3. The lowest BCUT2D eigenvalue weighted by molar-refractivity contribution is 0.0149. The van der Waals surface area contributed by atoms with E-state index in [1.165, 1.54) is 51.4 Å². The van der Waals surface area contributed by atoms with Gasteiger partial charge in [0.15, 0.2) is 9.84 Å². The van der Waals surface area contributed by atoms with Crippen molar-refractivity contribution in [2.24, 2.45) is 11.3 Å². The van der Waals surface area contributed by atoms with E-state index < -0.39 is 9.84 Å². The van der Waals surface area contributed by atoms with Gasteiger partial charge in [-0.05, 0) is 87.2 Å². The number of benzene rings is 1. The number of ether oxygens (including phenoxy) is 1. The van der Waals surface area contributed by atoms with Crippen LogP contribution in [0.5, 0.6) is 5.75 Å². The topological polar surface area (TPSA) is 55.4 Å². The monoisotopic (exact) mass is 337 g/mol. The molecule has 1 spiro atoms. The second-order valence-corrected chi connectivity index (χ2v) is 9.27. The van der Waals surface area contributed by atoms with Crippen LogP contribution in [0.4, 0.5) is 0 Å². The van der Waals surface area contributed by atoms with E-state index in [0.717, 1.165) is 18.1 Å². The first kappa shape index (κ1) is 16.8. The van der Waals surface area contributed by atoms with Crippen LogP contribution in [-0.4, -0.2) is 34.4 Å². The zero-order valence-corrected chi connectivity index (χ0v) is 14.7. The van der Waals surface area contributed by atoms with E-state index >= 15 is 0 Å². The second kappa shape index (κ2) is 6.81. The Morgan fingerprint density at radius 1 is 1.17 bits per heavy atom. The minimum Gasteiger partial charge on any atom is -0.494 e. The third-order valence-electron chi connectivity index (χ3n) is 5.38. The molecule has 1 aliphatic carbocycles. The lowest BCUT2D eigenvalue weighted by Gasteiger charge is -2.50. The van der Waals surface area contributed by atoms with E-state index in [9.17, 15) is 8.42 Å². The van der Waals surface area contributed by atoms with Gasteiger partial charge in [-0.25, -0.2) is 8.42 Å². The summed E-state index contributed by atoms with van der Waals surface area (Å²) >= 11 is 0. The summed E-state index contributed by atoms with van der Waals surface area (Å²) < 4.78 is 28.5. The maximum absolute atomic E-state index is 11.4. The molecule has 2 fully saturated rings. The highest BCUT2D eigenvalue weighted by molar-refractivity contribution is 7.90. The van der Waals surface area contributed by atoms with Crippen LogP contribution in [0.15, 0.2) is 29.2 Å². The quantitative estimate of drug-likeness (QED) is 0.811. The van der Waals surface area contributed by atoms with Crippen molar-refractivity contribution in [2.75, 3.05) is 26.0 Å². The van der Waals surface area contributed by atoms with Crippen LogP contribution in [-0.2, 0) is 9.84 Å². The molecule has 128 valence electrons. The van der Waals surface area contributed by atoms with Crippen molar-refractivity contribution in [3.63, 3.8) is 0 Å².